The van der Waals surface area contributed by atoms with E-state index in [0.717, 1.165) is 18.5 Å². The second-order valence-corrected chi connectivity index (χ2v) is 8.64. The molecule has 3 rings (SSSR count). The van der Waals surface area contributed by atoms with Gasteiger partial charge in [-0.1, -0.05) is 29.3 Å². The topological polar surface area (TPSA) is 70.7 Å². The summed E-state index contributed by atoms with van der Waals surface area (Å²) in [6.45, 7) is 7.00. The Morgan fingerprint density at radius 2 is 2.08 bits per heavy atom. The predicted octanol–water partition coefficient (Wildman–Crippen LogP) is 2.96. The number of nitrogens with zero attached hydrogens (tertiary/aromatic N) is 1. The van der Waals surface area contributed by atoms with Crippen molar-refractivity contribution in [3.05, 3.63) is 33.8 Å². The zero-order chi connectivity index (χ0) is 19.1. The molecule has 2 aliphatic heterocycles. The highest BCUT2D eigenvalue weighted by Crippen LogP contribution is 2.38. The number of halogens is 2. The zero-order valence-electron chi connectivity index (χ0n) is 15.1. The monoisotopic (exact) mass is 399 g/mol. The van der Waals surface area contributed by atoms with Crippen LogP contribution in [0.1, 0.15) is 32.8 Å². The van der Waals surface area contributed by atoms with E-state index in [1.165, 1.54) is 4.90 Å². The van der Waals surface area contributed by atoms with Crippen LogP contribution < -0.4 is 10.6 Å². The van der Waals surface area contributed by atoms with Crippen molar-refractivity contribution in [2.75, 3.05) is 13.1 Å². The van der Waals surface area contributed by atoms with E-state index >= 15 is 0 Å². The van der Waals surface area contributed by atoms with Crippen molar-refractivity contribution >= 4 is 35.2 Å². The van der Waals surface area contributed by atoms with E-state index in [2.05, 4.69) is 10.6 Å². The Hall–Kier alpha value is -1.50. The number of hydrogen-bond donors (Lipinski definition) is 2. The Labute approximate surface area is 163 Å². The Bertz CT molecular complexity index is 729. The van der Waals surface area contributed by atoms with Crippen LogP contribution in [0.25, 0.3) is 0 Å². The van der Waals surface area contributed by atoms with Crippen LogP contribution in [0.4, 0.5) is 4.79 Å². The van der Waals surface area contributed by atoms with Gasteiger partial charge in [-0.25, -0.2) is 4.79 Å². The molecule has 0 saturated carbocycles. The molecule has 0 aliphatic carbocycles. The fraction of sp³-hybridized carbons (Fsp3) is 0.556. The van der Waals surface area contributed by atoms with E-state index in [1.807, 2.05) is 0 Å². The Morgan fingerprint density at radius 1 is 1.38 bits per heavy atom. The molecule has 2 heterocycles. The van der Waals surface area contributed by atoms with Crippen LogP contribution >= 0.6 is 23.2 Å². The standard InChI is InChI=1S/C18H23Cl2N3O3/c1-17(2,3)26-16(25)23-10-18(6-7-22-18)14(23)15(24)21-9-11-4-5-12(19)8-13(11)20/h4-5,8,14,22H,6-7,9-10H2,1-3H3,(H,21,24). The van der Waals surface area contributed by atoms with Gasteiger partial charge in [-0.2, -0.15) is 0 Å². The average molecular weight is 400 g/mol. The van der Waals surface area contributed by atoms with Gasteiger partial charge in [0.25, 0.3) is 0 Å². The summed E-state index contributed by atoms with van der Waals surface area (Å²) in [5.41, 5.74) is -0.182. The van der Waals surface area contributed by atoms with Gasteiger partial charge in [0, 0.05) is 23.1 Å². The lowest BCUT2D eigenvalue weighted by molar-refractivity contribution is -0.144. The molecule has 1 aromatic rings. The number of ether oxygens (including phenoxy) is 1. The van der Waals surface area contributed by atoms with E-state index < -0.39 is 17.7 Å². The van der Waals surface area contributed by atoms with Gasteiger partial charge in [0.1, 0.15) is 11.6 Å². The van der Waals surface area contributed by atoms with E-state index in [0.29, 0.717) is 16.6 Å². The van der Waals surface area contributed by atoms with Crippen LogP contribution in [0.5, 0.6) is 0 Å². The van der Waals surface area contributed by atoms with E-state index in [-0.39, 0.29) is 18.0 Å². The smallest absolute Gasteiger partial charge is 0.411 e. The van der Waals surface area contributed by atoms with Crippen LogP contribution in [0.15, 0.2) is 18.2 Å². The number of carbonyl (C=O) groups excluding carboxylic acids is 2. The molecule has 0 aromatic heterocycles. The molecule has 2 unspecified atom stereocenters. The number of likely N-dealkylation sites (tertiary alicyclic amines) is 1. The first-order valence-electron chi connectivity index (χ1n) is 8.58. The number of hydrogen-bond acceptors (Lipinski definition) is 4. The molecule has 2 N–H and O–H groups in total. The number of carbonyl (C=O) groups is 2. The highest BCUT2D eigenvalue weighted by Gasteiger charge is 2.61. The molecule has 0 bridgehead atoms. The van der Waals surface area contributed by atoms with Crippen molar-refractivity contribution in [1.29, 1.82) is 0 Å². The highest BCUT2D eigenvalue weighted by molar-refractivity contribution is 6.35. The minimum atomic E-state index is -0.606. The third-order valence-corrected chi connectivity index (χ3v) is 5.27. The number of nitrogens with one attached hydrogen (secondary N) is 2. The van der Waals surface area contributed by atoms with Crippen LogP contribution in [0.2, 0.25) is 10.0 Å². The molecule has 2 atom stereocenters. The predicted molar refractivity (Wildman–Crippen MR) is 100 cm³/mol. The van der Waals surface area contributed by atoms with Gasteiger partial charge >= 0.3 is 6.09 Å². The van der Waals surface area contributed by atoms with Crippen molar-refractivity contribution in [3.63, 3.8) is 0 Å². The molecule has 0 radical (unpaired) electrons. The summed E-state index contributed by atoms with van der Waals surface area (Å²) >= 11 is 12.0. The van der Waals surface area contributed by atoms with Crippen molar-refractivity contribution < 1.29 is 14.3 Å². The molecule has 1 aromatic carbocycles. The maximum atomic E-state index is 12.8. The second-order valence-electron chi connectivity index (χ2n) is 7.80. The maximum Gasteiger partial charge on any atom is 0.411 e. The largest absolute Gasteiger partial charge is 0.444 e. The van der Waals surface area contributed by atoms with Crippen LogP contribution in [0.3, 0.4) is 0 Å². The Balaban J connectivity index is 1.67. The molecule has 2 saturated heterocycles. The molecule has 26 heavy (non-hydrogen) atoms. The lowest BCUT2D eigenvalue weighted by Gasteiger charge is -2.60. The normalized spacial score (nSPS) is 24.7. The number of rotatable bonds is 3. The molecular weight excluding hydrogens is 377 g/mol. The van der Waals surface area contributed by atoms with Crippen LogP contribution in [0, 0.1) is 0 Å². The summed E-state index contributed by atoms with van der Waals surface area (Å²) in [6.07, 6.45) is 0.382. The molecule has 2 aliphatic rings. The van der Waals surface area contributed by atoms with E-state index in [1.54, 1.807) is 39.0 Å². The summed E-state index contributed by atoms with van der Waals surface area (Å²) in [5.74, 6) is -0.222. The molecule has 8 heteroatoms. The van der Waals surface area contributed by atoms with Crippen molar-refractivity contribution in [2.24, 2.45) is 0 Å². The molecule has 2 amide bonds. The zero-order valence-corrected chi connectivity index (χ0v) is 16.6. The van der Waals surface area contributed by atoms with Gasteiger partial charge in [-0.15, -0.1) is 0 Å². The summed E-state index contributed by atoms with van der Waals surface area (Å²) in [7, 11) is 0. The highest BCUT2D eigenvalue weighted by atomic mass is 35.5. The van der Waals surface area contributed by atoms with Crippen LogP contribution in [-0.2, 0) is 16.1 Å². The Kier molecular flexibility index (Phi) is 5.12. The molecule has 6 nitrogen and oxygen atoms in total. The molecule has 2 fully saturated rings. The third kappa shape index (κ3) is 3.77. The average Bonchev–Trinajstić information content (AvgIpc) is 2.41. The summed E-state index contributed by atoms with van der Waals surface area (Å²) in [4.78, 5) is 26.7. The Morgan fingerprint density at radius 3 is 2.62 bits per heavy atom. The molecule has 1 spiro atoms. The molecular formula is C18H23Cl2N3O3. The number of amides is 2. The first-order chi connectivity index (χ1) is 12.1. The second kappa shape index (κ2) is 6.91. The van der Waals surface area contributed by atoms with E-state index in [9.17, 15) is 9.59 Å². The lowest BCUT2D eigenvalue weighted by atomic mass is 9.72. The van der Waals surface area contributed by atoms with Gasteiger partial charge in [-0.05, 0) is 51.4 Å². The summed E-state index contributed by atoms with van der Waals surface area (Å²) in [5, 5.41) is 7.21. The minimum absolute atomic E-state index is 0.222. The SMILES string of the molecule is CC(C)(C)OC(=O)N1CC2(CCN2)C1C(=O)NCc1ccc(Cl)cc1Cl. The van der Waals surface area contributed by atoms with Crippen molar-refractivity contribution in [1.82, 2.24) is 15.5 Å². The fourth-order valence-corrected chi connectivity index (χ4v) is 3.78. The van der Waals surface area contributed by atoms with Gasteiger partial charge in [0.2, 0.25) is 5.91 Å². The minimum Gasteiger partial charge on any atom is -0.444 e. The van der Waals surface area contributed by atoms with Crippen LogP contribution in [-0.4, -0.2) is 47.2 Å². The maximum absolute atomic E-state index is 12.8. The van der Waals surface area contributed by atoms with Gasteiger partial charge in [0.05, 0.1) is 5.54 Å². The van der Waals surface area contributed by atoms with Crippen molar-refractivity contribution in [2.45, 2.75) is 50.9 Å². The van der Waals surface area contributed by atoms with Crippen molar-refractivity contribution in [3.8, 4) is 0 Å². The number of benzene rings is 1. The quantitative estimate of drug-likeness (QED) is 0.819. The fourth-order valence-electron chi connectivity index (χ4n) is 3.31. The van der Waals surface area contributed by atoms with Gasteiger partial charge in [-0.3, -0.25) is 9.69 Å². The third-order valence-electron chi connectivity index (χ3n) is 4.68. The lowest BCUT2D eigenvalue weighted by Crippen LogP contribution is -2.85. The summed E-state index contributed by atoms with van der Waals surface area (Å²) < 4.78 is 5.42. The van der Waals surface area contributed by atoms with E-state index in [4.69, 9.17) is 27.9 Å². The van der Waals surface area contributed by atoms with Gasteiger partial charge in [0.15, 0.2) is 0 Å². The first kappa shape index (κ1) is 19.3. The first-order valence-corrected chi connectivity index (χ1v) is 9.33. The molecule has 142 valence electrons. The summed E-state index contributed by atoms with van der Waals surface area (Å²) in [6, 6.07) is 4.54. The van der Waals surface area contributed by atoms with Gasteiger partial charge < -0.3 is 15.4 Å².